The van der Waals surface area contributed by atoms with Gasteiger partial charge in [-0.3, -0.25) is 14.2 Å². The number of nitrogens with zero attached hydrogens (tertiary/aromatic N) is 1. The van der Waals surface area contributed by atoms with Crippen molar-refractivity contribution in [3.8, 4) is 0 Å². The van der Waals surface area contributed by atoms with Gasteiger partial charge in [0.15, 0.2) is 0 Å². The van der Waals surface area contributed by atoms with Gasteiger partial charge in [-0.1, -0.05) is 254 Å². The molecule has 434 valence electrons. The molecule has 1 N–H and O–H groups in total. The fourth-order valence-corrected chi connectivity index (χ4v) is 9.31. The predicted octanol–water partition coefficient (Wildman–Crippen LogP) is 18.4. The van der Waals surface area contributed by atoms with E-state index in [2.05, 4.69) is 99.0 Å². The molecule has 0 spiro atoms. The van der Waals surface area contributed by atoms with Crippen molar-refractivity contribution in [3.63, 3.8) is 0 Å². The summed E-state index contributed by atoms with van der Waals surface area (Å²) in [4.78, 5) is 39.9. The Kier molecular flexibility index (Phi) is 52.5. The summed E-state index contributed by atoms with van der Waals surface area (Å²) >= 11 is 0. The number of rotatable bonds is 55. The maximum Gasteiger partial charge on any atom is 0.306 e. The molecule has 0 aromatic heterocycles. The van der Waals surface area contributed by atoms with Crippen molar-refractivity contribution in [2.45, 2.75) is 277 Å². The lowest BCUT2D eigenvalue weighted by atomic mass is 10.0. The number of hydrogen-bond donors (Lipinski definition) is 1. The Balaban J connectivity index is 5.25. The maximum absolute atomic E-state index is 13.5. The Bertz CT molecular complexity index is 1560. The predicted molar refractivity (Wildman–Crippen MR) is 321 cm³/mol. The van der Waals surface area contributed by atoms with Crippen molar-refractivity contribution in [3.05, 3.63) is 85.1 Å². The third-order valence-corrected chi connectivity index (χ3v) is 14.3. The molecule has 3 atom stereocenters. The number of quaternary nitrogens is 1. The molecule has 1 amide bonds. The van der Waals surface area contributed by atoms with E-state index in [-0.39, 0.29) is 24.9 Å². The number of carbonyl (C=O) groups is 2. The van der Waals surface area contributed by atoms with Gasteiger partial charge in [-0.2, -0.15) is 0 Å². The number of ether oxygens (including phenoxy) is 1. The standard InChI is InChI=1S/C65H117N2O7P/c1-7-10-13-16-19-22-25-27-29-30-31-32-33-34-35-36-38-40-43-46-49-52-55-58-65(69)74-63(56-53-50-47-44-41-24-21-18-15-12-9-3)62(61-73-75(70,71)72-60-59-67(4,5)6)66-64(68)57-54-51-48-45-42-39-37-28-26-23-20-17-14-11-8-2/h10,13,19,22,27,29,31-32,34-35,38,40,53,56,62-63H,7-9,11-12,14-18,20-21,23-26,28,30,33,36-37,39,41-52,54-55,57-61H2,1-6H3,(H-,66,68,70,71)/b13-10-,22-19-,29-27-,32-31-,35-34-,40-38-,56-53+. The van der Waals surface area contributed by atoms with Crippen LogP contribution in [0.5, 0.6) is 0 Å². The van der Waals surface area contributed by atoms with Gasteiger partial charge in [0.25, 0.3) is 7.82 Å². The van der Waals surface area contributed by atoms with Crippen LogP contribution in [0.2, 0.25) is 0 Å². The molecule has 0 aliphatic heterocycles. The van der Waals surface area contributed by atoms with Crippen LogP contribution in [-0.2, 0) is 27.9 Å². The van der Waals surface area contributed by atoms with Crippen LogP contribution in [0.4, 0.5) is 0 Å². The van der Waals surface area contributed by atoms with E-state index in [4.69, 9.17) is 13.8 Å². The highest BCUT2D eigenvalue weighted by molar-refractivity contribution is 7.45. The zero-order chi connectivity index (χ0) is 55.0. The van der Waals surface area contributed by atoms with E-state index < -0.39 is 26.6 Å². The average Bonchev–Trinajstić information content (AvgIpc) is 3.37. The van der Waals surface area contributed by atoms with Gasteiger partial charge < -0.3 is 28.5 Å². The van der Waals surface area contributed by atoms with Crippen molar-refractivity contribution < 1.29 is 37.3 Å². The van der Waals surface area contributed by atoms with Gasteiger partial charge in [-0.15, -0.1) is 0 Å². The molecule has 0 aromatic rings. The lowest BCUT2D eigenvalue weighted by molar-refractivity contribution is -0.870. The number of nitrogens with one attached hydrogen (secondary N) is 1. The minimum Gasteiger partial charge on any atom is -0.756 e. The monoisotopic (exact) mass is 1070 g/mol. The Hall–Kier alpha value is -2.81. The highest BCUT2D eigenvalue weighted by Crippen LogP contribution is 2.38. The van der Waals surface area contributed by atoms with Gasteiger partial charge in [0.2, 0.25) is 5.91 Å². The van der Waals surface area contributed by atoms with Crippen molar-refractivity contribution in [2.75, 3.05) is 40.9 Å². The first-order valence-electron chi connectivity index (χ1n) is 30.9. The largest absolute Gasteiger partial charge is 0.756 e. The van der Waals surface area contributed by atoms with Crippen LogP contribution >= 0.6 is 7.82 Å². The number of phosphoric ester groups is 1. The van der Waals surface area contributed by atoms with Crippen LogP contribution in [0, 0.1) is 0 Å². The molecule has 0 bridgehead atoms. The van der Waals surface area contributed by atoms with Crippen molar-refractivity contribution >= 4 is 19.7 Å². The summed E-state index contributed by atoms with van der Waals surface area (Å²) in [5, 5.41) is 3.02. The van der Waals surface area contributed by atoms with E-state index in [1.807, 2.05) is 33.3 Å². The highest BCUT2D eigenvalue weighted by atomic mass is 31.2. The van der Waals surface area contributed by atoms with Crippen molar-refractivity contribution in [1.82, 2.24) is 5.32 Å². The number of likely N-dealkylation sites (N-methyl/N-ethyl adjacent to an activating group) is 1. The highest BCUT2D eigenvalue weighted by Gasteiger charge is 2.27. The Morgan fingerprint density at radius 2 is 0.853 bits per heavy atom. The molecule has 0 radical (unpaired) electrons. The second-order valence-electron chi connectivity index (χ2n) is 21.8. The first-order chi connectivity index (χ1) is 36.4. The number of unbranched alkanes of at least 4 members (excludes halogenated alkanes) is 27. The molecular weight excluding hydrogens is 952 g/mol. The molecule has 10 heteroatoms. The summed E-state index contributed by atoms with van der Waals surface area (Å²) in [6.07, 6.45) is 71.2. The Morgan fingerprint density at radius 3 is 1.28 bits per heavy atom. The van der Waals surface area contributed by atoms with Gasteiger partial charge in [0.1, 0.15) is 19.3 Å². The first-order valence-corrected chi connectivity index (χ1v) is 32.4. The fraction of sp³-hybridized carbons (Fsp3) is 0.754. The maximum atomic E-state index is 13.5. The molecule has 0 rings (SSSR count). The van der Waals surface area contributed by atoms with Crippen molar-refractivity contribution in [1.29, 1.82) is 0 Å². The van der Waals surface area contributed by atoms with Gasteiger partial charge in [-0.25, -0.2) is 0 Å². The summed E-state index contributed by atoms with van der Waals surface area (Å²) in [6, 6.07) is -0.900. The van der Waals surface area contributed by atoms with Crippen LogP contribution in [0.25, 0.3) is 0 Å². The van der Waals surface area contributed by atoms with Crippen molar-refractivity contribution in [2.24, 2.45) is 0 Å². The summed E-state index contributed by atoms with van der Waals surface area (Å²) in [5.41, 5.74) is 0. The SMILES string of the molecule is CC/C=C\C/C=C\C/C=C\C/C=C\C/C=C\C/C=C\CCCCCCC(=O)OC(/C=C/CCCCCCCCCCC)C(COP(=O)([O-])OCC[N+](C)(C)C)NC(=O)CCCCCCCCCCCCCCCCC. The Labute approximate surface area is 463 Å². The topological polar surface area (TPSA) is 114 Å². The van der Waals surface area contributed by atoms with E-state index in [0.717, 1.165) is 103 Å². The number of esters is 1. The van der Waals surface area contributed by atoms with E-state index in [1.165, 1.54) is 122 Å². The van der Waals surface area contributed by atoms with Crippen LogP contribution in [0.15, 0.2) is 85.1 Å². The molecule has 9 nitrogen and oxygen atoms in total. The zero-order valence-electron chi connectivity index (χ0n) is 49.5. The second kappa shape index (κ2) is 54.5. The van der Waals surface area contributed by atoms with E-state index in [9.17, 15) is 19.0 Å². The molecule has 0 aromatic carbocycles. The smallest absolute Gasteiger partial charge is 0.306 e. The van der Waals surface area contributed by atoms with E-state index in [1.54, 1.807) is 0 Å². The van der Waals surface area contributed by atoms with Gasteiger partial charge >= 0.3 is 5.97 Å². The number of hydrogen-bond acceptors (Lipinski definition) is 7. The molecule has 0 fully saturated rings. The molecule has 3 unspecified atom stereocenters. The summed E-state index contributed by atoms with van der Waals surface area (Å²) in [7, 11) is 1.17. The number of amides is 1. The second-order valence-corrected chi connectivity index (χ2v) is 23.2. The van der Waals surface area contributed by atoms with E-state index >= 15 is 0 Å². The molecule has 0 saturated carbocycles. The quantitative estimate of drug-likeness (QED) is 0.0212. The fourth-order valence-electron chi connectivity index (χ4n) is 8.58. The summed E-state index contributed by atoms with van der Waals surface area (Å²) < 4.78 is 30.3. The summed E-state index contributed by atoms with van der Waals surface area (Å²) in [6.45, 7) is 6.71. The first kappa shape index (κ1) is 72.2. The minimum atomic E-state index is -4.70. The third-order valence-electron chi connectivity index (χ3n) is 13.3. The van der Waals surface area contributed by atoms with Gasteiger partial charge in [-0.05, 0) is 83.1 Å². The molecule has 0 saturated heterocycles. The third kappa shape index (κ3) is 55.7. The lowest BCUT2D eigenvalue weighted by Gasteiger charge is -2.30. The summed E-state index contributed by atoms with van der Waals surface area (Å²) in [5.74, 6) is -0.568. The Morgan fingerprint density at radius 1 is 0.480 bits per heavy atom. The van der Waals surface area contributed by atoms with E-state index in [0.29, 0.717) is 23.9 Å². The van der Waals surface area contributed by atoms with Crippen LogP contribution in [0.3, 0.4) is 0 Å². The minimum absolute atomic E-state index is 0.0288. The molecule has 0 heterocycles. The normalized spacial score (nSPS) is 14.3. The van der Waals surface area contributed by atoms with Crippen LogP contribution in [0.1, 0.15) is 265 Å². The average molecular weight is 1070 g/mol. The van der Waals surface area contributed by atoms with Crippen LogP contribution < -0.4 is 10.2 Å². The lowest BCUT2D eigenvalue weighted by Crippen LogP contribution is -2.47. The molecular formula is C65H117N2O7P. The molecule has 75 heavy (non-hydrogen) atoms. The zero-order valence-corrected chi connectivity index (χ0v) is 50.4. The van der Waals surface area contributed by atoms with Gasteiger partial charge in [0.05, 0.1) is 33.8 Å². The number of carbonyl (C=O) groups excluding carboxylic acids is 2. The number of phosphoric acid groups is 1. The van der Waals surface area contributed by atoms with Gasteiger partial charge in [0, 0.05) is 12.8 Å². The number of allylic oxidation sites excluding steroid dienone is 13. The van der Waals surface area contributed by atoms with Crippen LogP contribution in [-0.4, -0.2) is 69.4 Å². The molecule has 0 aliphatic carbocycles. The molecule has 0 aliphatic rings.